The van der Waals surface area contributed by atoms with Gasteiger partial charge in [0.2, 0.25) is 5.91 Å². The van der Waals surface area contributed by atoms with Crippen LogP contribution >= 0.6 is 0 Å². The van der Waals surface area contributed by atoms with Crippen LogP contribution in [0.25, 0.3) is 11.3 Å². The van der Waals surface area contributed by atoms with E-state index in [0.29, 0.717) is 36.6 Å². The molecule has 1 N–H and O–H groups in total. The van der Waals surface area contributed by atoms with E-state index in [1.807, 2.05) is 31.2 Å². The van der Waals surface area contributed by atoms with Gasteiger partial charge in [-0.25, -0.2) is 9.37 Å². The fourth-order valence-corrected chi connectivity index (χ4v) is 2.62. The number of aryl methyl sites for hydroxylation is 2. The maximum absolute atomic E-state index is 13.5. The first-order valence-corrected chi connectivity index (χ1v) is 8.63. The van der Waals surface area contributed by atoms with E-state index in [0.717, 1.165) is 5.56 Å². The molecule has 134 valence electrons. The van der Waals surface area contributed by atoms with Crippen molar-refractivity contribution in [2.45, 2.75) is 26.2 Å². The average molecular weight is 352 g/mol. The molecule has 1 aromatic heterocycles. The molecular weight excluding hydrogens is 331 g/mol. The lowest BCUT2D eigenvalue weighted by atomic mass is 10.1. The van der Waals surface area contributed by atoms with Crippen molar-refractivity contribution < 1.29 is 13.6 Å². The smallest absolute Gasteiger partial charge is 0.220 e. The Kier molecular flexibility index (Phi) is 5.79. The van der Waals surface area contributed by atoms with Crippen molar-refractivity contribution in [1.82, 2.24) is 10.3 Å². The predicted molar refractivity (Wildman–Crippen MR) is 98.1 cm³/mol. The zero-order valence-electron chi connectivity index (χ0n) is 14.7. The minimum atomic E-state index is -0.245. The van der Waals surface area contributed by atoms with Crippen LogP contribution in [0, 0.1) is 12.7 Å². The molecule has 5 heteroatoms. The highest BCUT2D eigenvalue weighted by molar-refractivity contribution is 5.76. The third-order valence-electron chi connectivity index (χ3n) is 4.13. The van der Waals surface area contributed by atoms with Gasteiger partial charge >= 0.3 is 0 Å². The normalized spacial score (nSPS) is 10.7. The van der Waals surface area contributed by atoms with Crippen LogP contribution in [0.2, 0.25) is 0 Å². The van der Waals surface area contributed by atoms with Crippen LogP contribution in [0.1, 0.15) is 23.4 Å². The van der Waals surface area contributed by atoms with Crippen molar-refractivity contribution in [3.63, 3.8) is 0 Å². The Bertz CT molecular complexity index is 872. The molecule has 1 heterocycles. The van der Waals surface area contributed by atoms with Crippen LogP contribution in [-0.2, 0) is 17.6 Å². The molecule has 0 aliphatic carbocycles. The topological polar surface area (TPSA) is 55.1 Å². The molecule has 0 saturated carbocycles. The number of aromatic nitrogens is 1. The second-order valence-electron chi connectivity index (χ2n) is 6.18. The summed E-state index contributed by atoms with van der Waals surface area (Å²) in [6.45, 7) is 2.43. The molecule has 0 unspecified atom stereocenters. The molecule has 3 aromatic rings. The molecule has 1 amide bonds. The van der Waals surface area contributed by atoms with Gasteiger partial charge in [0.1, 0.15) is 5.82 Å². The molecular formula is C21H21FN2O2. The van der Waals surface area contributed by atoms with E-state index in [-0.39, 0.29) is 18.1 Å². The van der Waals surface area contributed by atoms with Crippen molar-refractivity contribution in [3.8, 4) is 11.3 Å². The summed E-state index contributed by atoms with van der Waals surface area (Å²) in [5.74, 6) is 0.881. The number of hydrogen-bond donors (Lipinski definition) is 1. The van der Waals surface area contributed by atoms with Crippen LogP contribution in [0.5, 0.6) is 0 Å². The van der Waals surface area contributed by atoms with Gasteiger partial charge in [0.25, 0.3) is 0 Å². The lowest BCUT2D eigenvalue weighted by molar-refractivity contribution is -0.121. The zero-order chi connectivity index (χ0) is 18.4. The van der Waals surface area contributed by atoms with Crippen LogP contribution in [0.15, 0.2) is 59.1 Å². The molecule has 3 rings (SSSR count). The molecule has 0 fully saturated rings. The summed E-state index contributed by atoms with van der Waals surface area (Å²) in [4.78, 5) is 16.2. The van der Waals surface area contributed by atoms with Crippen molar-refractivity contribution in [2.75, 3.05) is 6.54 Å². The van der Waals surface area contributed by atoms with E-state index >= 15 is 0 Å². The zero-order valence-corrected chi connectivity index (χ0v) is 14.7. The Labute approximate surface area is 152 Å². The number of carbonyl (C=O) groups is 1. The largest absolute Gasteiger partial charge is 0.441 e. The average Bonchev–Trinajstić information content (AvgIpc) is 3.11. The fourth-order valence-electron chi connectivity index (χ4n) is 2.62. The lowest BCUT2D eigenvalue weighted by Gasteiger charge is -2.05. The Morgan fingerprint density at radius 3 is 2.65 bits per heavy atom. The SMILES string of the molecule is Cc1ccc(-c2cnc(CCC(=O)NCCc3ccccc3F)o2)cc1. The van der Waals surface area contributed by atoms with Crippen LogP contribution in [0.3, 0.4) is 0 Å². The number of amides is 1. The first kappa shape index (κ1) is 17.9. The Morgan fingerprint density at radius 2 is 1.88 bits per heavy atom. The highest BCUT2D eigenvalue weighted by Crippen LogP contribution is 2.21. The second kappa shape index (κ2) is 8.43. The monoisotopic (exact) mass is 352 g/mol. The number of halogens is 1. The number of carbonyl (C=O) groups excluding carboxylic acids is 1. The number of hydrogen-bond acceptors (Lipinski definition) is 3. The Hall–Kier alpha value is -2.95. The quantitative estimate of drug-likeness (QED) is 0.697. The summed E-state index contributed by atoms with van der Waals surface area (Å²) < 4.78 is 19.2. The van der Waals surface area contributed by atoms with Crippen molar-refractivity contribution >= 4 is 5.91 Å². The summed E-state index contributed by atoms with van der Waals surface area (Å²) in [6, 6.07) is 14.6. The number of oxazole rings is 1. The fraction of sp³-hybridized carbons (Fsp3) is 0.238. The van der Waals surface area contributed by atoms with Gasteiger partial charge in [0, 0.05) is 24.9 Å². The van der Waals surface area contributed by atoms with Gasteiger partial charge in [-0.1, -0.05) is 48.0 Å². The van der Waals surface area contributed by atoms with E-state index in [4.69, 9.17) is 4.42 Å². The minimum Gasteiger partial charge on any atom is -0.441 e. The first-order chi connectivity index (χ1) is 12.6. The number of nitrogens with zero attached hydrogens (tertiary/aromatic N) is 1. The van der Waals surface area contributed by atoms with Gasteiger partial charge in [-0.15, -0.1) is 0 Å². The number of benzene rings is 2. The lowest BCUT2D eigenvalue weighted by Crippen LogP contribution is -2.26. The molecule has 2 aromatic carbocycles. The highest BCUT2D eigenvalue weighted by Gasteiger charge is 2.09. The Balaban J connectivity index is 1.45. The molecule has 26 heavy (non-hydrogen) atoms. The van der Waals surface area contributed by atoms with Gasteiger partial charge in [0.15, 0.2) is 11.7 Å². The molecule has 0 aliphatic rings. The van der Waals surface area contributed by atoms with Gasteiger partial charge in [0.05, 0.1) is 6.20 Å². The summed E-state index contributed by atoms with van der Waals surface area (Å²) in [7, 11) is 0. The highest BCUT2D eigenvalue weighted by atomic mass is 19.1. The molecule has 0 spiro atoms. The molecule has 0 atom stereocenters. The predicted octanol–water partition coefficient (Wildman–Crippen LogP) is 4.08. The molecule has 0 saturated heterocycles. The van der Waals surface area contributed by atoms with Gasteiger partial charge in [-0.2, -0.15) is 0 Å². The van der Waals surface area contributed by atoms with Gasteiger partial charge < -0.3 is 9.73 Å². The minimum absolute atomic E-state index is 0.101. The van der Waals surface area contributed by atoms with E-state index in [1.165, 1.54) is 11.6 Å². The van der Waals surface area contributed by atoms with Crippen LogP contribution in [-0.4, -0.2) is 17.4 Å². The van der Waals surface area contributed by atoms with Crippen molar-refractivity contribution in [2.24, 2.45) is 0 Å². The molecule has 0 aliphatic heterocycles. The second-order valence-corrected chi connectivity index (χ2v) is 6.18. The summed E-state index contributed by atoms with van der Waals surface area (Å²) in [6.07, 6.45) is 2.85. The summed E-state index contributed by atoms with van der Waals surface area (Å²) >= 11 is 0. The van der Waals surface area contributed by atoms with Crippen LogP contribution in [0.4, 0.5) is 4.39 Å². The molecule has 4 nitrogen and oxygen atoms in total. The maximum Gasteiger partial charge on any atom is 0.220 e. The number of nitrogens with one attached hydrogen (secondary N) is 1. The van der Waals surface area contributed by atoms with E-state index in [2.05, 4.69) is 10.3 Å². The maximum atomic E-state index is 13.5. The van der Waals surface area contributed by atoms with E-state index < -0.39 is 0 Å². The third-order valence-corrected chi connectivity index (χ3v) is 4.13. The van der Waals surface area contributed by atoms with Crippen LogP contribution < -0.4 is 5.32 Å². The van der Waals surface area contributed by atoms with Gasteiger partial charge in [-0.05, 0) is 25.0 Å². The number of rotatable bonds is 7. The molecule has 0 bridgehead atoms. The summed E-state index contributed by atoms with van der Waals surface area (Å²) in [5.41, 5.74) is 2.74. The van der Waals surface area contributed by atoms with Gasteiger partial charge in [-0.3, -0.25) is 4.79 Å². The Morgan fingerprint density at radius 1 is 1.12 bits per heavy atom. The molecule has 0 radical (unpaired) electrons. The first-order valence-electron chi connectivity index (χ1n) is 8.63. The van der Waals surface area contributed by atoms with E-state index in [9.17, 15) is 9.18 Å². The van der Waals surface area contributed by atoms with E-state index in [1.54, 1.807) is 24.4 Å². The standard InChI is InChI=1S/C21H21FN2O2/c1-15-6-8-17(9-7-15)19-14-24-21(26-19)11-10-20(25)23-13-12-16-4-2-3-5-18(16)22/h2-9,14H,10-13H2,1H3,(H,23,25). The summed E-state index contributed by atoms with van der Waals surface area (Å²) in [5, 5.41) is 2.80. The van der Waals surface area contributed by atoms with Crippen molar-refractivity contribution in [3.05, 3.63) is 77.6 Å². The third kappa shape index (κ3) is 4.79. The van der Waals surface area contributed by atoms with Crippen molar-refractivity contribution in [1.29, 1.82) is 0 Å².